The molecule has 2 aromatic rings. The van der Waals surface area contributed by atoms with Gasteiger partial charge in [0.15, 0.2) is 16.7 Å². The van der Waals surface area contributed by atoms with Crippen LogP contribution in [-0.4, -0.2) is 124 Å². The molecule has 0 atom stereocenters. The Hall–Kier alpha value is -4.88. The second-order valence-electron chi connectivity index (χ2n) is 18.4. The molecule has 1 fully saturated rings. The number of amides is 3. The molecule has 338 valence electrons. The number of aromatic nitrogens is 4. The van der Waals surface area contributed by atoms with E-state index in [4.69, 9.17) is 50.3 Å². The van der Waals surface area contributed by atoms with Crippen molar-refractivity contribution in [2.24, 2.45) is 0 Å². The number of anilines is 2. The maximum absolute atomic E-state index is 12.1. The van der Waals surface area contributed by atoms with Crippen molar-refractivity contribution in [2.75, 3.05) is 51.4 Å². The van der Waals surface area contributed by atoms with Crippen LogP contribution in [0.1, 0.15) is 109 Å². The Morgan fingerprint density at radius 3 is 1.69 bits per heavy atom. The number of nitrogens with two attached hydrogens (primary N) is 1. The molecule has 0 spiro atoms. The summed E-state index contributed by atoms with van der Waals surface area (Å²) in [5.41, 5.74) is 6.18. The van der Waals surface area contributed by atoms with E-state index in [2.05, 4.69) is 25.7 Å². The highest BCUT2D eigenvalue weighted by atomic mass is 35.5. The van der Waals surface area contributed by atoms with E-state index in [1.807, 2.05) is 81.4 Å². The summed E-state index contributed by atoms with van der Waals surface area (Å²) >= 11 is 5.70. The van der Waals surface area contributed by atoms with Crippen LogP contribution in [0.2, 0.25) is 5.15 Å². The SMILES string of the molecule is CC(C)(C)OC(=O)N1CC=C(B2OC(C)(C)C(C)(C)O2)CC1.COc1cc(N)nnc1C1=CCN(C(=O)OC(C)(C)C)CC1.COc1cc(NC(=O)OC(C)(C)C)nnc1Cl. The second-order valence-corrected chi connectivity index (χ2v) is 18.7. The first-order valence-corrected chi connectivity index (χ1v) is 20.3. The van der Waals surface area contributed by atoms with Crippen LogP contribution in [0, 0.1) is 0 Å². The van der Waals surface area contributed by atoms with Crippen LogP contribution < -0.4 is 20.5 Å². The van der Waals surface area contributed by atoms with Gasteiger partial charge in [-0.05, 0) is 114 Å². The lowest BCUT2D eigenvalue weighted by molar-refractivity contribution is 0.00578. The Kier molecular flexibility index (Phi) is 16.8. The molecule has 0 unspecified atom stereocenters. The largest absolute Gasteiger partial charge is 0.494 e. The molecular formula is C41H64BClN8O10. The fourth-order valence-corrected chi connectivity index (χ4v) is 5.67. The van der Waals surface area contributed by atoms with Crippen molar-refractivity contribution in [3.8, 4) is 11.5 Å². The van der Waals surface area contributed by atoms with Crippen molar-refractivity contribution in [1.82, 2.24) is 30.2 Å². The first-order chi connectivity index (χ1) is 28.0. The van der Waals surface area contributed by atoms with Gasteiger partial charge in [0, 0.05) is 38.3 Å². The molecule has 0 radical (unpaired) electrons. The first-order valence-electron chi connectivity index (χ1n) is 20.0. The minimum absolute atomic E-state index is 0.127. The Bertz CT molecular complexity index is 1910. The highest BCUT2D eigenvalue weighted by Gasteiger charge is 2.52. The number of carbonyl (C=O) groups excluding carboxylic acids is 3. The number of nitrogens with zero attached hydrogens (tertiary/aromatic N) is 6. The van der Waals surface area contributed by atoms with Gasteiger partial charge in [-0.1, -0.05) is 23.8 Å². The number of rotatable bonds is 5. The topological polar surface area (TPSA) is 212 Å². The van der Waals surface area contributed by atoms with Gasteiger partial charge in [-0.25, -0.2) is 14.4 Å². The number of methoxy groups -OCH3 is 2. The maximum atomic E-state index is 12.1. The van der Waals surface area contributed by atoms with Crippen molar-refractivity contribution in [2.45, 2.75) is 131 Å². The summed E-state index contributed by atoms with van der Waals surface area (Å²) in [6, 6.07) is 3.10. The van der Waals surface area contributed by atoms with Crippen molar-refractivity contribution < 1.29 is 47.4 Å². The number of nitrogens with one attached hydrogen (secondary N) is 1. The van der Waals surface area contributed by atoms with E-state index < -0.39 is 22.9 Å². The molecule has 0 aromatic carbocycles. The highest BCUT2D eigenvalue weighted by Crippen LogP contribution is 2.39. The van der Waals surface area contributed by atoms with Crippen LogP contribution in [0.3, 0.4) is 0 Å². The van der Waals surface area contributed by atoms with Gasteiger partial charge < -0.3 is 48.5 Å². The Labute approximate surface area is 365 Å². The Morgan fingerprint density at radius 2 is 1.25 bits per heavy atom. The van der Waals surface area contributed by atoms with Crippen LogP contribution in [-0.2, 0) is 23.5 Å². The quantitative estimate of drug-likeness (QED) is 0.217. The molecule has 5 heterocycles. The third kappa shape index (κ3) is 15.8. The van der Waals surface area contributed by atoms with E-state index in [1.165, 1.54) is 13.2 Å². The van der Waals surface area contributed by atoms with Gasteiger partial charge in [0.25, 0.3) is 0 Å². The predicted octanol–water partition coefficient (Wildman–Crippen LogP) is 7.76. The Balaban J connectivity index is 0.000000247. The molecule has 61 heavy (non-hydrogen) atoms. The molecule has 0 bridgehead atoms. The summed E-state index contributed by atoms with van der Waals surface area (Å²) in [6.45, 7) is 26.9. The van der Waals surface area contributed by atoms with Crippen LogP contribution in [0.5, 0.6) is 11.5 Å². The van der Waals surface area contributed by atoms with Gasteiger partial charge in [-0.15, -0.1) is 20.4 Å². The molecule has 20 heteroatoms. The van der Waals surface area contributed by atoms with Gasteiger partial charge in [0.1, 0.15) is 34.1 Å². The summed E-state index contributed by atoms with van der Waals surface area (Å²) in [7, 11) is 2.70. The minimum atomic E-state index is -0.615. The van der Waals surface area contributed by atoms with E-state index in [-0.39, 0.29) is 41.5 Å². The summed E-state index contributed by atoms with van der Waals surface area (Å²) in [5.74, 6) is 1.44. The number of hydrogen-bond acceptors (Lipinski definition) is 15. The van der Waals surface area contributed by atoms with Gasteiger partial charge in [0.05, 0.1) is 25.4 Å². The average Bonchev–Trinajstić information content (AvgIpc) is 3.36. The van der Waals surface area contributed by atoms with Crippen LogP contribution in [0.25, 0.3) is 5.57 Å². The molecule has 3 aliphatic rings. The van der Waals surface area contributed by atoms with E-state index in [9.17, 15) is 14.4 Å². The van der Waals surface area contributed by atoms with Crippen molar-refractivity contribution in [3.63, 3.8) is 0 Å². The summed E-state index contributed by atoms with van der Waals surface area (Å²) in [6.07, 6.45) is 4.18. The third-order valence-electron chi connectivity index (χ3n) is 9.18. The van der Waals surface area contributed by atoms with E-state index in [1.54, 1.807) is 43.7 Å². The van der Waals surface area contributed by atoms with Crippen molar-refractivity contribution in [3.05, 3.63) is 40.6 Å². The van der Waals surface area contributed by atoms with E-state index in [0.717, 1.165) is 17.5 Å². The number of carbonyl (C=O) groups is 3. The first kappa shape index (κ1) is 50.5. The summed E-state index contributed by atoms with van der Waals surface area (Å²) in [5, 5.41) is 17.8. The van der Waals surface area contributed by atoms with Crippen molar-refractivity contribution >= 4 is 54.2 Å². The van der Waals surface area contributed by atoms with Crippen molar-refractivity contribution in [1.29, 1.82) is 0 Å². The fraction of sp³-hybridized carbons (Fsp3) is 0.634. The monoisotopic (exact) mass is 874 g/mol. The zero-order valence-corrected chi connectivity index (χ0v) is 39.1. The van der Waals surface area contributed by atoms with Gasteiger partial charge >= 0.3 is 25.4 Å². The number of hydrogen-bond donors (Lipinski definition) is 2. The molecule has 3 aliphatic heterocycles. The highest BCUT2D eigenvalue weighted by molar-refractivity contribution is 6.54. The molecule has 5 rings (SSSR count). The van der Waals surface area contributed by atoms with Gasteiger partial charge in [0.2, 0.25) is 0 Å². The molecular weight excluding hydrogens is 811 g/mol. The predicted molar refractivity (Wildman–Crippen MR) is 233 cm³/mol. The molecule has 3 amide bonds. The normalized spacial score (nSPS) is 17.3. The Morgan fingerprint density at radius 1 is 0.738 bits per heavy atom. The smallest absolute Gasteiger partial charge is 0.490 e. The summed E-state index contributed by atoms with van der Waals surface area (Å²) < 4.78 is 38.2. The van der Waals surface area contributed by atoms with Crippen LogP contribution in [0.15, 0.2) is 29.8 Å². The van der Waals surface area contributed by atoms with Gasteiger partial charge in [-0.2, -0.15) is 0 Å². The third-order valence-corrected chi connectivity index (χ3v) is 9.44. The van der Waals surface area contributed by atoms with Gasteiger partial charge in [-0.3, -0.25) is 5.32 Å². The maximum Gasteiger partial charge on any atom is 0.490 e. The molecule has 0 aliphatic carbocycles. The second kappa shape index (κ2) is 20.3. The fourth-order valence-electron chi connectivity index (χ4n) is 5.50. The lowest BCUT2D eigenvalue weighted by Gasteiger charge is -2.32. The standard InChI is InChI=1S/C16H28BNO4.C15H22N4O3.C10H14ClN3O3/c1-14(2,3)20-13(19)18-10-8-12(9-11-18)17-21-15(4,5)16(6,7)22-17;1-15(2,3)22-14(20)19-7-5-10(6-8-19)13-11(21-4)9-12(16)17-18-13;1-10(2,3)17-9(15)12-7-5-6(16-4)8(11)14-13-7/h8H,9-11H2,1-7H3;5,9H,6-8H2,1-4H3,(H2,16,17);5H,1-4H3,(H,12,13,15). The van der Waals surface area contributed by atoms with Crippen LogP contribution >= 0.6 is 11.6 Å². The lowest BCUT2D eigenvalue weighted by atomic mass is 9.75. The number of nitrogen functional groups attached to an aromatic ring is 1. The van der Waals surface area contributed by atoms with E-state index >= 15 is 0 Å². The molecule has 18 nitrogen and oxygen atoms in total. The zero-order valence-electron chi connectivity index (χ0n) is 38.4. The van der Waals surface area contributed by atoms with E-state index in [0.29, 0.717) is 55.6 Å². The minimum Gasteiger partial charge on any atom is -0.494 e. The average molecular weight is 875 g/mol. The molecule has 0 saturated carbocycles. The molecule has 3 N–H and O–H groups in total. The number of ether oxygens (including phenoxy) is 5. The molecule has 2 aromatic heterocycles. The summed E-state index contributed by atoms with van der Waals surface area (Å²) in [4.78, 5) is 38.9. The number of halogens is 1. The van der Waals surface area contributed by atoms with Crippen LogP contribution in [0.4, 0.5) is 26.0 Å². The lowest BCUT2D eigenvalue weighted by Crippen LogP contribution is -2.41. The zero-order chi connectivity index (χ0) is 46.1. The molecule has 1 saturated heterocycles.